The summed E-state index contributed by atoms with van der Waals surface area (Å²) in [6.45, 7) is 0. The van der Waals surface area contributed by atoms with E-state index < -0.39 is 16.0 Å². The SMILES string of the molecule is COc1ccc(S(=O)(=O)O)cc1NC(=O)c1c2ccccc2cc2ccccc12. The van der Waals surface area contributed by atoms with Crippen molar-refractivity contribution < 1.29 is 22.5 Å². The van der Waals surface area contributed by atoms with E-state index in [2.05, 4.69) is 5.32 Å². The van der Waals surface area contributed by atoms with E-state index in [-0.39, 0.29) is 16.3 Å². The minimum absolute atomic E-state index is 0.143. The molecule has 0 bridgehead atoms. The molecular formula is C22H17NO5S. The summed E-state index contributed by atoms with van der Waals surface area (Å²) in [5.74, 6) is -0.140. The van der Waals surface area contributed by atoms with E-state index in [1.807, 2.05) is 54.6 Å². The van der Waals surface area contributed by atoms with Crippen LogP contribution in [0.5, 0.6) is 5.75 Å². The van der Waals surface area contributed by atoms with Crippen LogP contribution in [0.25, 0.3) is 21.5 Å². The Hall–Kier alpha value is -3.42. The maximum absolute atomic E-state index is 13.3. The molecule has 4 aromatic carbocycles. The molecule has 0 spiro atoms. The highest BCUT2D eigenvalue weighted by Crippen LogP contribution is 2.32. The maximum Gasteiger partial charge on any atom is 0.294 e. The highest BCUT2D eigenvalue weighted by Gasteiger charge is 2.19. The van der Waals surface area contributed by atoms with Crippen molar-refractivity contribution in [3.05, 3.63) is 78.4 Å². The first-order valence-electron chi connectivity index (χ1n) is 8.76. The number of benzene rings is 4. The van der Waals surface area contributed by atoms with Crippen molar-refractivity contribution in [3.63, 3.8) is 0 Å². The Kier molecular flexibility index (Phi) is 4.70. The van der Waals surface area contributed by atoms with Crippen LogP contribution in [0.2, 0.25) is 0 Å². The first kappa shape index (κ1) is 18.9. The van der Waals surface area contributed by atoms with Crippen LogP contribution in [-0.2, 0) is 10.1 Å². The van der Waals surface area contributed by atoms with E-state index >= 15 is 0 Å². The highest BCUT2D eigenvalue weighted by molar-refractivity contribution is 7.85. The smallest absolute Gasteiger partial charge is 0.294 e. The number of anilines is 1. The molecule has 0 radical (unpaired) electrons. The minimum atomic E-state index is -4.43. The molecule has 7 heteroatoms. The van der Waals surface area contributed by atoms with E-state index in [1.54, 1.807) is 0 Å². The van der Waals surface area contributed by atoms with Crippen molar-refractivity contribution in [2.75, 3.05) is 12.4 Å². The molecule has 0 saturated heterocycles. The third-order valence-electron chi connectivity index (χ3n) is 4.72. The Morgan fingerprint density at radius 2 is 1.48 bits per heavy atom. The zero-order chi connectivity index (χ0) is 20.6. The van der Waals surface area contributed by atoms with Gasteiger partial charge in [-0.1, -0.05) is 48.5 Å². The number of fused-ring (bicyclic) bond motifs is 2. The summed E-state index contributed by atoms with van der Waals surface area (Å²) in [4.78, 5) is 13.0. The highest BCUT2D eigenvalue weighted by atomic mass is 32.2. The van der Waals surface area contributed by atoms with Gasteiger partial charge in [0.1, 0.15) is 5.75 Å². The molecule has 0 aromatic heterocycles. The van der Waals surface area contributed by atoms with Gasteiger partial charge in [0.05, 0.1) is 23.3 Å². The van der Waals surface area contributed by atoms with Crippen LogP contribution in [0.15, 0.2) is 77.7 Å². The second kappa shape index (κ2) is 7.20. The third kappa shape index (κ3) is 3.53. The quantitative estimate of drug-likeness (QED) is 0.384. The Balaban J connectivity index is 1.89. The van der Waals surface area contributed by atoms with Gasteiger partial charge in [-0.25, -0.2) is 0 Å². The van der Waals surface area contributed by atoms with Crippen LogP contribution in [0, 0.1) is 0 Å². The number of nitrogens with one attached hydrogen (secondary N) is 1. The van der Waals surface area contributed by atoms with Gasteiger partial charge in [0.2, 0.25) is 0 Å². The molecule has 0 saturated carbocycles. The van der Waals surface area contributed by atoms with E-state index in [0.29, 0.717) is 5.56 Å². The molecule has 0 aliphatic rings. The van der Waals surface area contributed by atoms with Crippen LogP contribution in [-0.4, -0.2) is 26.0 Å². The number of amides is 1. The summed E-state index contributed by atoms with van der Waals surface area (Å²) in [7, 11) is -3.02. The Morgan fingerprint density at radius 3 is 2.03 bits per heavy atom. The predicted molar refractivity (Wildman–Crippen MR) is 112 cm³/mol. The first-order valence-corrected chi connectivity index (χ1v) is 10.2. The number of carbonyl (C=O) groups is 1. The molecule has 0 atom stereocenters. The zero-order valence-corrected chi connectivity index (χ0v) is 16.2. The molecule has 0 fully saturated rings. The Morgan fingerprint density at radius 1 is 0.897 bits per heavy atom. The largest absolute Gasteiger partial charge is 0.495 e. The summed E-state index contributed by atoms with van der Waals surface area (Å²) in [5.41, 5.74) is 0.614. The lowest BCUT2D eigenvalue weighted by Gasteiger charge is -2.14. The van der Waals surface area contributed by atoms with Gasteiger partial charge in [0.15, 0.2) is 0 Å². The molecule has 0 aliphatic carbocycles. The molecule has 29 heavy (non-hydrogen) atoms. The molecular weight excluding hydrogens is 390 g/mol. The molecule has 0 unspecified atom stereocenters. The van der Waals surface area contributed by atoms with Gasteiger partial charge in [-0.05, 0) is 45.8 Å². The van der Waals surface area contributed by atoms with E-state index in [0.717, 1.165) is 21.5 Å². The van der Waals surface area contributed by atoms with Crippen LogP contribution in [0.3, 0.4) is 0 Å². The minimum Gasteiger partial charge on any atom is -0.495 e. The van der Waals surface area contributed by atoms with Crippen molar-refractivity contribution >= 4 is 43.3 Å². The van der Waals surface area contributed by atoms with Gasteiger partial charge in [0, 0.05) is 0 Å². The van der Waals surface area contributed by atoms with E-state index in [4.69, 9.17) is 4.74 Å². The van der Waals surface area contributed by atoms with Gasteiger partial charge in [-0.15, -0.1) is 0 Å². The van der Waals surface area contributed by atoms with Gasteiger partial charge in [-0.2, -0.15) is 8.42 Å². The Bertz CT molecular complexity index is 1310. The second-order valence-electron chi connectivity index (χ2n) is 6.49. The lowest BCUT2D eigenvalue weighted by molar-refractivity contribution is 0.102. The Labute approximate surface area is 167 Å². The molecule has 4 aromatic rings. The van der Waals surface area contributed by atoms with Crippen LogP contribution in [0.1, 0.15) is 10.4 Å². The van der Waals surface area contributed by atoms with Crippen molar-refractivity contribution in [3.8, 4) is 5.75 Å². The summed E-state index contributed by atoms with van der Waals surface area (Å²) in [5, 5.41) is 6.10. The lowest BCUT2D eigenvalue weighted by atomic mass is 9.96. The van der Waals surface area contributed by atoms with Gasteiger partial charge >= 0.3 is 0 Å². The normalized spacial score (nSPS) is 11.5. The number of hydrogen-bond donors (Lipinski definition) is 2. The number of ether oxygens (including phenoxy) is 1. The average Bonchev–Trinajstić information content (AvgIpc) is 2.71. The number of hydrogen-bond acceptors (Lipinski definition) is 4. The van der Waals surface area contributed by atoms with Crippen molar-refractivity contribution in [2.45, 2.75) is 4.90 Å². The van der Waals surface area contributed by atoms with Crippen LogP contribution in [0.4, 0.5) is 5.69 Å². The molecule has 0 heterocycles. The van der Waals surface area contributed by atoms with E-state index in [9.17, 15) is 17.8 Å². The van der Waals surface area contributed by atoms with E-state index in [1.165, 1.54) is 25.3 Å². The topological polar surface area (TPSA) is 92.7 Å². The second-order valence-corrected chi connectivity index (χ2v) is 7.91. The van der Waals surface area contributed by atoms with Crippen molar-refractivity contribution in [2.24, 2.45) is 0 Å². The monoisotopic (exact) mass is 407 g/mol. The van der Waals surface area contributed by atoms with Crippen molar-refractivity contribution in [1.82, 2.24) is 0 Å². The maximum atomic E-state index is 13.3. The fraction of sp³-hybridized carbons (Fsp3) is 0.0455. The molecule has 0 aliphatic heterocycles. The standard InChI is InChI=1S/C22H17NO5S/c1-28-20-11-10-16(29(25,26)27)13-19(20)23-22(24)21-17-8-4-2-6-14(17)12-15-7-3-5-9-18(15)21/h2-13H,1H3,(H,23,24)(H,25,26,27). The number of methoxy groups -OCH3 is 1. The molecule has 1 amide bonds. The molecule has 2 N–H and O–H groups in total. The molecule has 146 valence electrons. The third-order valence-corrected chi connectivity index (χ3v) is 5.56. The predicted octanol–water partition coefficient (Wildman–Crippen LogP) is 4.50. The fourth-order valence-electron chi connectivity index (χ4n) is 3.39. The number of rotatable bonds is 4. The van der Waals surface area contributed by atoms with Gasteiger partial charge < -0.3 is 10.1 Å². The molecule has 6 nitrogen and oxygen atoms in total. The average molecular weight is 407 g/mol. The lowest BCUT2D eigenvalue weighted by Crippen LogP contribution is -2.14. The summed E-state index contributed by atoms with van der Waals surface area (Å²) < 4.78 is 37.5. The van der Waals surface area contributed by atoms with Crippen LogP contribution >= 0.6 is 0 Å². The summed E-state index contributed by atoms with van der Waals surface area (Å²) in [6.07, 6.45) is 0. The fourth-order valence-corrected chi connectivity index (χ4v) is 3.90. The molecule has 4 rings (SSSR count). The van der Waals surface area contributed by atoms with Gasteiger partial charge in [0.25, 0.3) is 16.0 Å². The summed E-state index contributed by atoms with van der Waals surface area (Å²) in [6, 6.07) is 20.9. The zero-order valence-electron chi connectivity index (χ0n) is 15.4. The summed E-state index contributed by atoms with van der Waals surface area (Å²) >= 11 is 0. The first-order chi connectivity index (χ1) is 13.9. The van der Waals surface area contributed by atoms with Crippen molar-refractivity contribution in [1.29, 1.82) is 0 Å². The van der Waals surface area contributed by atoms with Gasteiger partial charge in [-0.3, -0.25) is 9.35 Å². The van der Waals surface area contributed by atoms with Crippen LogP contribution < -0.4 is 10.1 Å². The number of carbonyl (C=O) groups excluding carboxylic acids is 1.